The molecule has 0 radical (unpaired) electrons. The Morgan fingerprint density at radius 1 is 1.15 bits per heavy atom. The van der Waals surface area contributed by atoms with Gasteiger partial charge in [-0.15, -0.1) is 0 Å². The minimum Gasteiger partial charge on any atom is -0.398 e. The highest BCUT2D eigenvalue weighted by Crippen LogP contribution is 2.13. The number of amides is 1. The van der Waals surface area contributed by atoms with Crippen molar-refractivity contribution < 1.29 is 4.79 Å². The van der Waals surface area contributed by atoms with Gasteiger partial charge in [-0.2, -0.15) is 0 Å². The third-order valence-electron chi connectivity index (χ3n) is 3.33. The average Bonchev–Trinajstić information content (AvgIpc) is 2.41. The van der Waals surface area contributed by atoms with Crippen LogP contribution in [-0.4, -0.2) is 17.9 Å². The summed E-state index contributed by atoms with van der Waals surface area (Å²) in [5.74, 6) is 0.0962. The lowest BCUT2D eigenvalue weighted by atomic mass is 10.1. The number of benzene rings is 2. The van der Waals surface area contributed by atoms with Crippen molar-refractivity contribution in [3.05, 3.63) is 65.2 Å². The largest absolute Gasteiger partial charge is 0.398 e. The molecule has 2 N–H and O–H groups in total. The number of nitrogens with zero attached hydrogens (tertiary/aromatic N) is 1. The molecule has 3 heteroatoms. The van der Waals surface area contributed by atoms with Gasteiger partial charge in [0.1, 0.15) is 0 Å². The number of hydrogen-bond acceptors (Lipinski definition) is 2. The fourth-order valence-electron chi connectivity index (χ4n) is 2.15. The van der Waals surface area contributed by atoms with Crippen LogP contribution in [0.4, 0.5) is 5.69 Å². The number of para-hydroxylation sites is 1. The second kappa shape index (κ2) is 6.24. The predicted octanol–water partition coefficient (Wildman–Crippen LogP) is 2.78. The number of hydrogen-bond donors (Lipinski definition) is 1. The number of nitrogens with two attached hydrogens (primary N) is 1. The molecule has 0 aliphatic carbocycles. The first-order valence-corrected chi connectivity index (χ1v) is 6.69. The number of nitrogen functional groups attached to an aromatic ring is 1. The molecule has 0 spiro atoms. The Morgan fingerprint density at radius 3 is 2.60 bits per heavy atom. The van der Waals surface area contributed by atoms with E-state index in [2.05, 4.69) is 0 Å². The van der Waals surface area contributed by atoms with Gasteiger partial charge < -0.3 is 10.6 Å². The van der Waals surface area contributed by atoms with Gasteiger partial charge >= 0.3 is 0 Å². The molecule has 0 saturated carbocycles. The summed E-state index contributed by atoms with van der Waals surface area (Å²) >= 11 is 0. The van der Waals surface area contributed by atoms with Gasteiger partial charge in [0, 0.05) is 19.3 Å². The molecule has 3 nitrogen and oxygen atoms in total. The molecule has 2 rings (SSSR count). The van der Waals surface area contributed by atoms with Crippen molar-refractivity contribution in [3.8, 4) is 0 Å². The normalized spacial score (nSPS) is 10.3. The minimum atomic E-state index is 0.0962. The molecule has 2 aromatic carbocycles. The van der Waals surface area contributed by atoms with Gasteiger partial charge in [-0.25, -0.2) is 0 Å². The SMILES string of the molecule is Cc1cccc(CC(=O)N(C)Cc2ccccc2N)c1. The van der Waals surface area contributed by atoms with Crippen molar-refractivity contribution in [2.75, 3.05) is 12.8 Å². The molecule has 0 bridgehead atoms. The number of aryl methyl sites for hydroxylation is 1. The van der Waals surface area contributed by atoms with Gasteiger partial charge in [-0.05, 0) is 24.1 Å². The van der Waals surface area contributed by atoms with Gasteiger partial charge in [-0.1, -0.05) is 48.0 Å². The van der Waals surface area contributed by atoms with Crippen LogP contribution in [-0.2, 0) is 17.8 Å². The van der Waals surface area contributed by atoms with Crippen molar-refractivity contribution >= 4 is 11.6 Å². The van der Waals surface area contributed by atoms with E-state index in [-0.39, 0.29) is 5.91 Å². The number of likely N-dealkylation sites (N-methyl/N-ethyl adjacent to an activating group) is 1. The molecule has 0 atom stereocenters. The Labute approximate surface area is 120 Å². The Bertz CT molecular complexity index is 607. The van der Waals surface area contributed by atoms with Crippen LogP contribution >= 0.6 is 0 Å². The van der Waals surface area contributed by atoms with Crippen LogP contribution in [0.5, 0.6) is 0 Å². The first-order valence-electron chi connectivity index (χ1n) is 6.69. The topological polar surface area (TPSA) is 46.3 Å². The molecule has 0 unspecified atom stereocenters. The molecule has 0 aliphatic rings. The van der Waals surface area contributed by atoms with E-state index in [0.717, 1.165) is 16.8 Å². The van der Waals surface area contributed by atoms with Crippen molar-refractivity contribution in [1.29, 1.82) is 0 Å². The first kappa shape index (κ1) is 14.1. The number of carbonyl (C=O) groups excluding carboxylic acids is 1. The van der Waals surface area contributed by atoms with Gasteiger partial charge in [0.05, 0.1) is 6.42 Å². The van der Waals surface area contributed by atoms with E-state index in [1.165, 1.54) is 5.56 Å². The lowest BCUT2D eigenvalue weighted by Gasteiger charge is -2.18. The maximum Gasteiger partial charge on any atom is 0.227 e. The zero-order valence-electron chi connectivity index (χ0n) is 12.0. The molecule has 0 saturated heterocycles. The third-order valence-corrected chi connectivity index (χ3v) is 3.33. The molecule has 20 heavy (non-hydrogen) atoms. The lowest BCUT2D eigenvalue weighted by molar-refractivity contribution is -0.129. The summed E-state index contributed by atoms with van der Waals surface area (Å²) < 4.78 is 0. The summed E-state index contributed by atoms with van der Waals surface area (Å²) in [6.45, 7) is 2.57. The van der Waals surface area contributed by atoms with Crippen LogP contribution in [0.25, 0.3) is 0 Å². The Hall–Kier alpha value is -2.29. The molecule has 0 heterocycles. The fraction of sp³-hybridized carbons (Fsp3) is 0.235. The highest BCUT2D eigenvalue weighted by Gasteiger charge is 2.11. The van der Waals surface area contributed by atoms with Crippen molar-refractivity contribution in [2.24, 2.45) is 0 Å². The summed E-state index contributed by atoms with van der Waals surface area (Å²) in [5.41, 5.74) is 9.82. The summed E-state index contributed by atoms with van der Waals surface area (Å²) in [5, 5.41) is 0. The van der Waals surface area contributed by atoms with E-state index in [9.17, 15) is 4.79 Å². The van der Waals surface area contributed by atoms with Gasteiger partial charge in [-0.3, -0.25) is 4.79 Å². The fourth-order valence-corrected chi connectivity index (χ4v) is 2.15. The number of rotatable bonds is 4. The van der Waals surface area contributed by atoms with E-state index in [1.807, 2.05) is 62.5 Å². The van der Waals surface area contributed by atoms with Crippen LogP contribution < -0.4 is 5.73 Å². The third kappa shape index (κ3) is 3.60. The second-order valence-electron chi connectivity index (χ2n) is 5.11. The molecule has 104 valence electrons. The quantitative estimate of drug-likeness (QED) is 0.867. The van der Waals surface area contributed by atoms with Crippen LogP contribution in [0.3, 0.4) is 0 Å². The number of anilines is 1. The van der Waals surface area contributed by atoms with Crippen molar-refractivity contribution in [2.45, 2.75) is 19.9 Å². The smallest absolute Gasteiger partial charge is 0.227 e. The second-order valence-corrected chi connectivity index (χ2v) is 5.11. The van der Waals surface area contributed by atoms with Crippen LogP contribution in [0.1, 0.15) is 16.7 Å². The maximum atomic E-state index is 12.2. The lowest BCUT2D eigenvalue weighted by Crippen LogP contribution is -2.28. The highest BCUT2D eigenvalue weighted by molar-refractivity contribution is 5.78. The van der Waals surface area contributed by atoms with Crippen LogP contribution in [0.15, 0.2) is 48.5 Å². The van der Waals surface area contributed by atoms with E-state index in [0.29, 0.717) is 13.0 Å². The minimum absolute atomic E-state index is 0.0962. The van der Waals surface area contributed by atoms with E-state index >= 15 is 0 Å². The molecule has 2 aromatic rings. The summed E-state index contributed by atoms with van der Waals surface area (Å²) in [6.07, 6.45) is 0.422. The molecule has 0 aromatic heterocycles. The number of carbonyl (C=O) groups is 1. The van der Waals surface area contributed by atoms with Gasteiger partial charge in [0.15, 0.2) is 0 Å². The van der Waals surface area contributed by atoms with Crippen molar-refractivity contribution in [3.63, 3.8) is 0 Å². The average molecular weight is 268 g/mol. The zero-order valence-corrected chi connectivity index (χ0v) is 12.0. The van der Waals surface area contributed by atoms with Crippen LogP contribution in [0.2, 0.25) is 0 Å². The summed E-state index contributed by atoms with van der Waals surface area (Å²) in [7, 11) is 1.81. The Kier molecular flexibility index (Phi) is 4.41. The summed E-state index contributed by atoms with van der Waals surface area (Å²) in [6, 6.07) is 15.7. The first-order chi connectivity index (χ1) is 9.56. The molecule has 0 fully saturated rings. The van der Waals surface area contributed by atoms with E-state index < -0.39 is 0 Å². The zero-order chi connectivity index (χ0) is 14.5. The Balaban J connectivity index is 2.01. The molecule has 0 aliphatic heterocycles. The van der Waals surface area contributed by atoms with Crippen molar-refractivity contribution in [1.82, 2.24) is 4.90 Å². The molecule has 1 amide bonds. The molecular weight excluding hydrogens is 248 g/mol. The predicted molar refractivity (Wildman–Crippen MR) is 82.2 cm³/mol. The highest BCUT2D eigenvalue weighted by atomic mass is 16.2. The van der Waals surface area contributed by atoms with E-state index in [1.54, 1.807) is 4.90 Å². The standard InChI is InChI=1S/C17H20N2O/c1-13-6-5-7-14(10-13)11-17(20)19(2)12-15-8-3-4-9-16(15)18/h3-10H,11-12,18H2,1-2H3. The Morgan fingerprint density at radius 2 is 1.90 bits per heavy atom. The van der Waals surface area contributed by atoms with Crippen LogP contribution in [0, 0.1) is 6.92 Å². The van der Waals surface area contributed by atoms with Gasteiger partial charge in [0.25, 0.3) is 0 Å². The summed E-state index contributed by atoms with van der Waals surface area (Å²) in [4.78, 5) is 13.9. The van der Waals surface area contributed by atoms with E-state index in [4.69, 9.17) is 5.73 Å². The molecular formula is C17H20N2O. The monoisotopic (exact) mass is 268 g/mol. The maximum absolute atomic E-state index is 12.2. The van der Waals surface area contributed by atoms with Gasteiger partial charge in [0.2, 0.25) is 5.91 Å².